The van der Waals surface area contributed by atoms with Crippen LogP contribution >= 0.6 is 0 Å². The van der Waals surface area contributed by atoms with E-state index in [0.717, 1.165) is 18.4 Å². The fraction of sp³-hybridized carbons (Fsp3) is 0.200. The number of hydrogen-bond donors (Lipinski definition) is 2. The van der Waals surface area contributed by atoms with Gasteiger partial charge >= 0.3 is 5.97 Å². The molecule has 1 amide bonds. The quantitative estimate of drug-likeness (QED) is 0.491. The number of hydrogen-bond acceptors (Lipinski definition) is 5. The first-order chi connectivity index (χ1) is 15.8. The van der Waals surface area contributed by atoms with E-state index in [1.54, 1.807) is 48.5 Å². The second kappa shape index (κ2) is 9.46. The number of esters is 1. The predicted molar refractivity (Wildman–Crippen MR) is 124 cm³/mol. The van der Waals surface area contributed by atoms with Gasteiger partial charge in [-0.3, -0.25) is 9.52 Å². The third-order valence-electron chi connectivity index (χ3n) is 5.19. The monoisotopic (exact) mass is 464 g/mol. The van der Waals surface area contributed by atoms with Crippen LogP contribution in [0.1, 0.15) is 40.4 Å². The van der Waals surface area contributed by atoms with Crippen LogP contribution in [0.2, 0.25) is 0 Å². The molecule has 1 fully saturated rings. The number of ether oxygens (including phenoxy) is 1. The lowest BCUT2D eigenvalue weighted by molar-refractivity contribution is -0.130. The highest BCUT2D eigenvalue weighted by molar-refractivity contribution is 7.92. The number of carbonyl (C=O) groups excluding carboxylic acids is 2. The van der Waals surface area contributed by atoms with E-state index >= 15 is 0 Å². The SMILES string of the molecule is Cc1ccc(NS(=O)(=O)c2ccc(C(=O)OC(C(=O)NC3CC3)c3ccccc3)cc2)cc1. The highest BCUT2D eigenvalue weighted by Crippen LogP contribution is 2.24. The summed E-state index contributed by atoms with van der Waals surface area (Å²) in [5.41, 5.74) is 2.16. The van der Waals surface area contributed by atoms with E-state index in [1.165, 1.54) is 24.3 Å². The van der Waals surface area contributed by atoms with Crippen LogP contribution in [-0.2, 0) is 19.6 Å². The van der Waals surface area contributed by atoms with E-state index in [2.05, 4.69) is 10.0 Å². The summed E-state index contributed by atoms with van der Waals surface area (Å²) in [6.45, 7) is 1.91. The molecule has 8 heteroatoms. The summed E-state index contributed by atoms with van der Waals surface area (Å²) in [5, 5.41) is 2.86. The summed E-state index contributed by atoms with van der Waals surface area (Å²) in [7, 11) is -3.82. The molecule has 0 bridgehead atoms. The zero-order valence-corrected chi connectivity index (χ0v) is 18.8. The van der Waals surface area contributed by atoms with Gasteiger partial charge in [-0.05, 0) is 56.2 Å². The maximum absolute atomic E-state index is 12.8. The van der Waals surface area contributed by atoms with E-state index in [4.69, 9.17) is 4.74 Å². The van der Waals surface area contributed by atoms with Crippen LogP contribution in [0.3, 0.4) is 0 Å². The van der Waals surface area contributed by atoms with Crippen LogP contribution in [0, 0.1) is 6.92 Å². The minimum Gasteiger partial charge on any atom is -0.444 e. The molecule has 3 aromatic rings. The summed E-state index contributed by atoms with van der Waals surface area (Å²) in [5.74, 6) is -1.09. The van der Waals surface area contributed by atoms with Crippen molar-refractivity contribution in [2.24, 2.45) is 0 Å². The smallest absolute Gasteiger partial charge is 0.339 e. The number of carbonyl (C=O) groups is 2. The van der Waals surface area contributed by atoms with Crippen molar-refractivity contribution in [3.05, 3.63) is 95.6 Å². The molecule has 3 aromatic carbocycles. The second-order valence-corrected chi connectivity index (χ2v) is 9.66. The second-order valence-electron chi connectivity index (χ2n) is 7.97. The Labute approximate surface area is 192 Å². The summed E-state index contributed by atoms with van der Waals surface area (Å²) >= 11 is 0. The fourth-order valence-corrected chi connectivity index (χ4v) is 4.24. The number of nitrogens with one attached hydrogen (secondary N) is 2. The van der Waals surface area contributed by atoms with Crippen molar-refractivity contribution in [3.63, 3.8) is 0 Å². The van der Waals surface area contributed by atoms with Crippen LogP contribution in [0.25, 0.3) is 0 Å². The van der Waals surface area contributed by atoms with Gasteiger partial charge in [0.05, 0.1) is 10.5 Å². The molecular formula is C25H24N2O5S. The molecule has 1 aliphatic rings. The van der Waals surface area contributed by atoms with Gasteiger partial charge < -0.3 is 10.1 Å². The molecule has 4 rings (SSSR count). The Kier molecular flexibility index (Phi) is 6.46. The Balaban J connectivity index is 1.48. The molecular weight excluding hydrogens is 440 g/mol. The van der Waals surface area contributed by atoms with E-state index in [-0.39, 0.29) is 22.4 Å². The van der Waals surface area contributed by atoms with Crippen molar-refractivity contribution in [1.82, 2.24) is 5.32 Å². The van der Waals surface area contributed by atoms with Crippen LogP contribution in [0.15, 0.2) is 83.8 Å². The van der Waals surface area contributed by atoms with Crippen molar-refractivity contribution in [3.8, 4) is 0 Å². The lowest BCUT2D eigenvalue weighted by atomic mass is 10.1. The molecule has 1 aliphatic carbocycles. The van der Waals surface area contributed by atoms with Crippen molar-refractivity contribution in [1.29, 1.82) is 0 Å². The molecule has 0 spiro atoms. The van der Waals surface area contributed by atoms with Gasteiger partial charge in [-0.1, -0.05) is 48.0 Å². The highest BCUT2D eigenvalue weighted by Gasteiger charge is 2.31. The van der Waals surface area contributed by atoms with Gasteiger partial charge in [0, 0.05) is 17.3 Å². The van der Waals surface area contributed by atoms with E-state index in [1.807, 2.05) is 13.0 Å². The Morgan fingerprint density at radius 1 is 0.909 bits per heavy atom. The zero-order chi connectivity index (χ0) is 23.4. The van der Waals surface area contributed by atoms with Crippen molar-refractivity contribution < 1.29 is 22.7 Å². The number of benzene rings is 3. The molecule has 1 saturated carbocycles. The first-order valence-corrected chi connectivity index (χ1v) is 12.1. The minimum absolute atomic E-state index is 0.00529. The lowest BCUT2D eigenvalue weighted by Gasteiger charge is -2.18. The zero-order valence-electron chi connectivity index (χ0n) is 18.0. The average Bonchev–Trinajstić information content (AvgIpc) is 3.63. The van der Waals surface area contributed by atoms with Crippen molar-refractivity contribution in [2.45, 2.75) is 36.8 Å². The number of anilines is 1. The Hall–Kier alpha value is -3.65. The summed E-state index contributed by atoms with van der Waals surface area (Å²) in [6, 6.07) is 21.3. The summed E-state index contributed by atoms with van der Waals surface area (Å²) < 4.78 is 33.3. The standard InChI is InChI=1S/C25H24N2O5S/c1-17-7-11-21(12-8-17)27-33(30,31)22-15-9-19(10-16-22)25(29)32-23(18-5-3-2-4-6-18)24(28)26-20-13-14-20/h2-12,15-16,20,23,27H,13-14H2,1H3,(H,26,28). The third kappa shape index (κ3) is 5.78. The van der Waals surface area contributed by atoms with Crippen molar-refractivity contribution in [2.75, 3.05) is 4.72 Å². The molecule has 0 aliphatic heterocycles. The Bertz CT molecular complexity index is 1240. The van der Waals surface area contributed by atoms with E-state index in [0.29, 0.717) is 11.3 Å². The van der Waals surface area contributed by atoms with Gasteiger partial charge in [0.25, 0.3) is 15.9 Å². The fourth-order valence-electron chi connectivity index (χ4n) is 3.19. The first kappa shape index (κ1) is 22.5. The molecule has 0 heterocycles. The topological polar surface area (TPSA) is 102 Å². The molecule has 1 atom stereocenters. The number of amides is 1. The van der Waals surface area contributed by atoms with Gasteiger partial charge in [-0.15, -0.1) is 0 Å². The van der Waals surface area contributed by atoms with E-state index in [9.17, 15) is 18.0 Å². The molecule has 0 saturated heterocycles. The summed E-state index contributed by atoms with van der Waals surface area (Å²) in [4.78, 5) is 25.4. The maximum atomic E-state index is 12.8. The van der Waals surface area contributed by atoms with Crippen molar-refractivity contribution >= 4 is 27.6 Å². The van der Waals surface area contributed by atoms with Gasteiger partial charge in [0.15, 0.2) is 0 Å². The average molecular weight is 465 g/mol. The first-order valence-electron chi connectivity index (χ1n) is 10.6. The van der Waals surface area contributed by atoms with Gasteiger partial charge in [-0.25, -0.2) is 13.2 Å². The van der Waals surface area contributed by atoms with Gasteiger partial charge in [-0.2, -0.15) is 0 Å². The van der Waals surface area contributed by atoms with Crippen LogP contribution < -0.4 is 10.0 Å². The molecule has 1 unspecified atom stereocenters. The molecule has 170 valence electrons. The molecule has 33 heavy (non-hydrogen) atoms. The van der Waals surface area contributed by atoms with Gasteiger partial charge in [0.1, 0.15) is 0 Å². The molecule has 0 radical (unpaired) electrons. The Morgan fingerprint density at radius 3 is 2.15 bits per heavy atom. The lowest BCUT2D eigenvalue weighted by Crippen LogP contribution is -2.33. The number of aryl methyl sites for hydroxylation is 1. The number of rotatable bonds is 8. The van der Waals surface area contributed by atoms with Crippen LogP contribution in [-0.4, -0.2) is 26.3 Å². The largest absolute Gasteiger partial charge is 0.444 e. The maximum Gasteiger partial charge on any atom is 0.339 e. The molecule has 7 nitrogen and oxygen atoms in total. The number of sulfonamides is 1. The predicted octanol–water partition coefficient (Wildman–Crippen LogP) is 3.97. The van der Waals surface area contributed by atoms with E-state index < -0.39 is 22.1 Å². The summed E-state index contributed by atoms with van der Waals surface area (Å²) in [6.07, 6.45) is 0.729. The van der Waals surface area contributed by atoms with Crippen LogP contribution in [0.5, 0.6) is 0 Å². The molecule has 0 aromatic heterocycles. The third-order valence-corrected chi connectivity index (χ3v) is 6.59. The molecule has 2 N–H and O–H groups in total. The normalized spacial score (nSPS) is 14.2. The van der Waals surface area contributed by atoms with Gasteiger partial charge in [0.2, 0.25) is 6.10 Å². The Morgan fingerprint density at radius 2 is 1.55 bits per heavy atom. The highest BCUT2D eigenvalue weighted by atomic mass is 32.2. The van der Waals surface area contributed by atoms with Crippen LogP contribution in [0.4, 0.5) is 5.69 Å². The minimum atomic E-state index is -3.82.